The molecule has 0 bridgehead atoms. The number of hydrogen-bond donors (Lipinski definition) is 1. The molecule has 3 aromatic heterocycles. The summed E-state index contributed by atoms with van der Waals surface area (Å²) >= 11 is 0. The van der Waals surface area contributed by atoms with Crippen LogP contribution in [0, 0.1) is 0 Å². The molecule has 0 saturated heterocycles. The second-order valence-electron chi connectivity index (χ2n) is 4.19. The van der Waals surface area contributed by atoms with E-state index in [0.717, 1.165) is 18.5 Å². The molecule has 0 fully saturated rings. The summed E-state index contributed by atoms with van der Waals surface area (Å²) in [5.74, 6) is 1.63. The lowest BCUT2D eigenvalue weighted by Gasteiger charge is -2.07. The second-order valence-corrected chi connectivity index (χ2v) is 4.19. The zero-order valence-corrected chi connectivity index (χ0v) is 11.0. The maximum absolute atomic E-state index is 5.08. The average Bonchev–Trinajstić information content (AvgIpc) is 3.17. The molecule has 0 radical (unpaired) electrons. The fourth-order valence-corrected chi connectivity index (χ4v) is 1.69. The normalized spacial score (nSPS) is 10.7. The summed E-state index contributed by atoms with van der Waals surface area (Å²) < 4.78 is 6.82. The summed E-state index contributed by atoms with van der Waals surface area (Å²) in [6.07, 6.45) is 9.32. The zero-order chi connectivity index (χ0) is 13.8. The third-order valence-electron chi connectivity index (χ3n) is 2.67. The molecule has 3 heterocycles. The lowest BCUT2D eigenvalue weighted by Crippen LogP contribution is -2.09. The van der Waals surface area contributed by atoms with Gasteiger partial charge in [0.15, 0.2) is 5.82 Å². The van der Waals surface area contributed by atoms with Gasteiger partial charge in [0, 0.05) is 18.9 Å². The number of imidazole rings is 1. The first kappa shape index (κ1) is 12.3. The van der Waals surface area contributed by atoms with Crippen molar-refractivity contribution in [2.75, 3.05) is 11.9 Å². The largest absolute Gasteiger partial charge is 0.472 e. The van der Waals surface area contributed by atoms with E-state index in [1.54, 1.807) is 35.8 Å². The highest BCUT2D eigenvalue weighted by atomic mass is 16.3. The number of anilines is 1. The van der Waals surface area contributed by atoms with Crippen LogP contribution >= 0.6 is 0 Å². The van der Waals surface area contributed by atoms with Crippen LogP contribution in [0.5, 0.6) is 0 Å². The van der Waals surface area contributed by atoms with Crippen LogP contribution in [-0.2, 0) is 0 Å². The number of nitrogens with zero attached hydrogens (tertiary/aromatic N) is 5. The van der Waals surface area contributed by atoms with Gasteiger partial charge in [0.2, 0.25) is 11.9 Å². The Bertz CT molecular complexity index is 610. The molecule has 20 heavy (non-hydrogen) atoms. The highest BCUT2D eigenvalue weighted by Gasteiger charge is 2.10. The van der Waals surface area contributed by atoms with Crippen LogP contribution in [0.2, 0.25) is 0 Å². The fourth-order valence-electron chi connectivity index (χ4n) is 1.69. The zero-order valence-electron chi connectivity index (χ0n) is 11.0. The average molecular weight is 270 g/mol. The van der Waals surface area contributed by atoms with E-state index in [4.69, 9.17) is 4.42 Å². The minimum Gasteiger partial charge on any atom is -0.472 e. The molecular weight excluding hydrogens is 256 g/mol. The maximum atomic E-state index is 5.08. The first-order valence-corrected chi connectivity index (χ1v) is 6.37. The van der Waals surface area contributed by atoms with Gasteiger partial charge in [-0.2, -0.15) is 15.0 Å². The predicted molar refractivity (Wildman–Crippen MR) is 73.4 cm³/mol. The number of nitrogens with one attached hydrogen (secondary N) is 1. The summed E-state index contributed by atoms with van der Waals surface area (Å²) in [5, 5.41) is 3.17. The van der Waals surface area contributed by atoms with E-state index < -0.39 is 0 Å². The third kappa shape index (κ3) is 2.51. The molecule has 102 valence electrons. The Morgan fingerprint density at radius 1 is 1.30 bits per heavy atom. The van der Waals surface area contributed by atoms with Gasteiger partial charge in [0.1, 0.15) is 12.6 Å². The monoisotopic (exact) mass is 270 g/mol. The molecule has 3 rings (SSSR count). The molecule has 0 spiro atoms. The van der Waals surface area contributed by atoms with E-state index in [2.05, 4.69) is 32.2 Å². The Labute approximate surface area is 115 Å². The number of furan rings is 1. The van der Waals surface area contributed by atoms with E-state index >= 15 is 0 Å². The van der Waals surface area contributed by atoms with Crippen LogP contribution in [0.1, 0.15) is 13.3 Å². The quantitative estimate of drug-likeness (QED) is 0.765. The third-order valence-corrected chi connectivity index (χ3v) is 2.67. The molecule has 0 saturated carbocycles. The van der Waals surface area contributed by atoms with Crippen molar-refractivity contribution in [3.05, 3.63) is 37.3 Å². The van der Waals surface area contributed by atoms with Gasteiger partial charge in [-0.05, 0) is 12.5 Å². The summed E-state index contributed by atoms with van der Waals surface area (Å²) in [4.78, 5) is 17.2. The van der Waals surface area contributed by atoms with E-state index in [1.807, 2.05) is 6.07 Å². The van der Waals surface area contributed by atoms with E-state index in [9.17, 15) is 0 Å². The fraction of sp³-hybridized carbons (Fsp3) is 0.231. The van der Waals surface area contributed by atoms with Crippen molar-refractivity contribution in [2.45, 2.75) is 13.3 Å². The van der Waals surface area contributed by atoms with Gasteiger partial charge in [0.05, 0.1) is 11.8 Å². The van der Waals surface area contributed by atoms with Crippen LogP contribution < -0.4 is 5.32 Å². The number of aromatic nitrogens is 5. The standard InChI is InChI=1S/C13H14N6O/c1-2-4-15-12-16-11(10-3-7-20-8-10)17-13(18-12)19-6-5-14-9-19/h3,5-9H,2,4H2,1H3,(H,15,16,17,18). The molecule has 0 aliphatic rings. The first-order valence-electron chi connectivity index (χ1n) is 6.37. The molecule has 0 aliphatic carbocycles. The number of hydrogen-bond acceptors (Lipinski definition) is 6. The minimum absolute atomic E-state index is 0.521. The minimum atomic E-state index is 0.521. The van der Waals surface area contributed by atoms with E-state index in [1.165, 1.54) is 0 Å². The Morgan fingerprint density at radius 3 is 2.95 bits per heavy atom. The van der Waals surface area contributed by atoms with Gasteiger partial charge in [-0.15, -0.1) is 0 Å². The Balaban J connectivity index is 2.03. The Kier molecular flexibility index (Phi) is 3.40. The van der Waals surface area contributed by atoms with E-state index in [0.29, 0.717) is 17.7 Å². The predicted octanol–water partition coefficient (Wildman–Crippen LogP) is 2.14. The smallest absolute Gasteiger partial charge is 0.240 e. The molecule has 7 nitrogen and oxygen atoms in total. The molecule has 1 N–H and O–H groups in total. The summed E-state index contributed by atoms with van der Waals surface area (Å²) in [6, 6.07) is 1.82. The van der Waals surface area contributed by atoms with Gasteiger partial charge in [-0.3, -0.25) is 4.57 Å². The van der Waals surface area contributed by atoms with Crippen molar-refractivity contribution in [3.63, 3.8) is 0 Å². The summed E-state index contributed by atoms with van der Waals surface area (Å²) in [6.45, 7) is 2.89. The van der Waals surface area contributed by atoms with Crippen molar-refractivity contribution < 1.29 is 4.42 Å². The SMILES string of the molecule is CCCNc1nc(-c2ccoc2)nc(-n2ccnc2)n1. The highest BCUT2D eigenvalue weighted by molar-refractivity contribution is 5.55. The Hall–Kier alpha value is -2.70. The second kappa shape index (κ2) is 5.52. The summed E-state index contributed by atoms with van der Waals surface area (Å²) in [7, 11) is 0. The molecule has 0 aromatic carbocycles. The van der Waals surface area contributed by atoms with Crippen LogP contribution in [0.4, 0.5) is 5.95 Å². The molecule has 7 heteroatoms. The van der Waals surface area contributed by atoms with E-state index in [-0.39, 0.29) is 0 Å². The van der Waals surface area contributed by atoms with Gasteiger partial charge < -0.3 is 9.73 Å². The summed E-state index contributed by atoms with van der Waals surface area (Å²) in [5.41, 5.74) is 0.813. The molecular formula is C13H14N6O. The van der Waals surface area contributed by atoms with Crippen LogP contribution in [0.3, 0.4) is 0 Å². The molecule has 0 amide bonds. The van der Waals surface area contributed by atoms with Crippen LogP contribution in [0.25, 0.3) is 17.3 Å². The van der Waals surface area contributed by atoms with Crippen molar-refractivity contribution in [1.82, 2.24) is 24.5 Å². The van der Waals surface area contributed by atoms with Gasteiger partial charge in [0.25, 0.3) is 0 Å². The van der Waals surface area contributed by atoms with Crippen molar-refractivity contribution in [2.24, 2.45) is 0 Å². The van der Waals surface area contributed by atoms with Crippen molar-refractivity contribution in [3.8, 4) is 17.3 Å². The molecule has 0 aliphatic heterocycles. The van der Waals surface area contributed by atoms with Gasteiger partial charge in [-0.25, -0.2) is 4.98 Å². The highest BCUT2D eigenvalue weighted by Crippen LogP contribution is 2.17. The lowest BCUT2D eigenvalue weighted by atomic mass is 10.3. The van der Waals surface area contributed by atoms with Crippen LogP contribution in [0.15, 0.2) is 41.7 Å². The molecule has 0 atom stereocenters. The lowest BCUT2D eigenvalue weighted by molar-refractivity contribution is 0.568. The molecule has 0 unspecified atom stereocenters. The molecule has 3 aromatic rings. The van der Waals surface area contributed by atoms with Crippen LogP contribution in [-0.4, -0.2) is 31.0 Å². The van der Waals surface area contributed by atoms with Crippen molar-refractivity contribution >= 4 is 5.95 Å². The maximum Gasteiger partial charge on any atom is 0.240 e. The topological polar surface area (TPSA) is 81.7 Å². The van der Waals surface area contributed by atoms with Gasteiger partial charge in [-0.1, -0.05) is 6.92 Å². The first-order chi connectivity index (χ1) is 9.86. The van der Waals surface area contributed by atoms with Crippen molar-refractivity contribution in [1.29, 1.82) is 0 Å². The van der Waals surface area contributed by atoms with Gasteiger partial charge >= 0.3 is 0 Å². The number of rotatable bonds is 5. The Morgan fingerprint density at radius 2 is 2.25 bits per heavy atom.